The van der Waals surface area contributed by atoms with Gasteiger partial charge in [-0.25, -0.2) is 0 Å². The number of carbonyl (C=O) groups excluding carboxylic acids is 5. The first-order valence-corrected chi connectivity index (χ1v) is 18.2. The number of nitrogens with zero attached hydrogens (tertiary/aromatic N) is 1. The van der Waals surface area contributed by atoms with E-state index in [0.29, 0.717) is 19.3 Å². The van der Waals surface area contributed by atoms with Crippen molar-refractivity contribution >= 4 is 40.7 Å². The quantitative estimate of drug-likeness (QED) is 0.0747. The summed E-state index contributed by atoms with van der Waals surface area (Å²) in [6.45, 7) is 1.55. The number of aryl methyl sites for hydroxylation is 2. The molecule has 12 nitrogen and oxygen atoms in total. The lowest BCUT2D eigenvalue weighted by molar-refractivity contribution is -0.139. The van der Waals surface area contributed by atoms with E-state index in [1.807, 2.05) is 79.9 Å². The molecule has 1 radical (unpaired) electrons. The number of aliphatic hydroxyl groups excluding tert-OH is 1. The van der Waals surface area contributed by atoms with Gasteiger partial charge in [0.15, 0.2) is 0 Å². The predicted molar refractivity (Wildman–Crippen MR) is 207 cm³/mol. The number of nitrogens with one attached hydrogen (secondary N) is 3. The van der Waals surface area contributed by atoms with Crippen LogP contribution in [0.4, 0.5) is 0 Å². The fourth-order valence-electron chi connectivity index (χ4n) is 6.13. The van der Waals surface area contributed by atoms with E-state index in [0.717, 1.165) is 33.0 Å². The van der Waals surface area contributed by atoms with Gasteiger partial charge in [-0.1, -0.05) is 84.4 Å². The highest BCUT2D eigenvalue weighted by atomic mass is 16.3. The molecule has 4 atom stereocenters. The van der Waals surface area contributed by atoms with Crippen LogP contribution >= 0.6 is 0 Å². The number of fused-ring (bicyclic) bond motifs is 1. The minimum Gasteiger partial charge on any atom is -0.508 e. The first-order chi connectivity index (χ1) is 26.0. The summed E-state index contributed by atoms with van der Waals surface area (Å²) in [6.07, 6.45) is 4.05. The van der Waals surface area contributed by atoms with Gasteiger partial charge in [0.05, 0.1) is 18.7 Å². The lowest BCUT2D eigenvalue weighted by Crippen LogP contribution is -2.53. The van der Waals surface area contributed by atoms with Gasteiger partial charge in [0.25, 0.3) is 0 Å². The van der Waals surface area contributed by atoms with Gasteiger partial charge in [0, 0.05) is 26.4 Å². The molecule has 4 aromatic rings. The SMILES string of the molecule is Cc1ccc(CCC(=O)N(C)[C@@H](Cc2ccc(O)cc2)C(=O)N[C@@H]([C]=O)CCCCNC(=O)[C@H](CO)NC(=O)[C@@H](N)Cc2cccc3ccccc23)cc1. The molecule has 4 amide bonds. The Labute approximate surface area is 316 Å². The monoisotopic (exact) mass is 736 g/mol. The van der Waals surface area contributed by atoms with Crippen molar-refractivity contribution in [2.45, 2.75) is 76.0 Å². The number of likely N-dealkylation sites (N-methyl/N-ethyl adjacent to an activating group) is 1. The van der Waals surface area contributed by atoms with Crippen LogP contribution in [0.15, 0.2) is 91.0 Å². The lowest BCUT2D eigenvalue weighted by atomic mass is 9.98. The van der Waals surface area contributed by atoms with E-state index in [4.69, 9.17) is 5.73 Å². The van der Waals surface area contributed by atoms with E-state index in [2.05, 4.69) is 16.0 Å². The Bertz CT molecular complexity index is 1860. The van der Waals surface area contributed by atoms with Crippen LogP contribution in [0.2, 0.25) is 0 Å². The second-order valence-electron chi connectivity index (χ2n) is 13.5. The maximum Gasteiger partial charge on any atom is 0.244 e. The summed E-state index contributed by atoms with van der Waals surface area (Å²) in [5.74, 6) is -1.83. The van der Waals surface area contributed by atoms with E-state index in [1.54, 1.807) is 19.2 Å². The zero-order valence-corrected chi connectivity index (χ0v) is 30.8. The Kier molecular flexibility index (Phi) is 15.7. The smallest absolute Gasteiger partial charge is 0.244 e. The number of benzene rings is 4. The summed E-state index contributed by atoms with van der Waals surface area (Å²) in [6, 6.07) is 23.7. The number of aliphatic hydroxyl groups is 1. The molecule has 0 fully saturated rings. The van der Waals surface area contributed by atoms with Gasteiger partial charge < -0.3 is 36.8 Å². The first-order valence-electron chi connectivity index (χ1n) is 18.2. The lowest BCUT2D eigenvalue weighted by Gasteiger charge is -2.28. The summed E-state index contributed by atoms with van der Waals surface area (Å²) >= 11 is 0. The van der Waals surface area contributed by atoms with Crippen LogP contribution in [0, 0.1) is 6.92 Å². The molecule has 4 aromatic carbocycles. The van der Waals surface area contributed by atoms with Crippen molar-refractivity contribution in [3.63, 3.8) is 0 Å². The van der Waals surface area contributed by atoms with Gasteiger partial charge in [0.1, 0.15) is 17.8 Å². The molecule has 285 valence electrons. The molecular formula is C42H50N5O7. The van der Waals surface area contributed by atoms with Gasteiger partial charge in [-0.3, -0.25) is 24.0 Å². The van der Waals surface area contributed by atoms with Gasteiger partial charge in [-0.05, 0) is 78.6 Å². The molecule has 0 unspecified atom stereocenters. The number of phenolic OH excluding ortho intramolecular Hbond substituents is 1. The highest BCUT2D eigenvalue weighted by molar-refractivity contribution is 5.91. The van der Waals surface area contributed by atoms with Crippen LogP contribution in [0.25, 0.3) is 10.8 Å². The third-order valence-corrected chi connectivity index (χ3v) is 9.43. The number of nitrogens with two attached hydrogens (primary N) is 1. The van der Waals surface area contributed by atoms with Crippen molar-refractivity contribution in [2.24, 2.45) is 5.73 Å². The van der Waals surface area contributed by atoms with E-state index in [1.165, 1.54) is 17.0 Å². The zero-order valence-electron chi connectivity index (χ0n) is 30.8. The van der Waals surface area contributed by atoms with Crippen LogP contribution in [0.1, 0.15) is 47.9 Å². The molecule has 0 aromatic heterocycles. The molecule has 0 spiro atoms. The average Bonchev–Trinajstić information content (AvgIpc) is 3.18. The molecule has 0 aliphatic carbocycles. The highest BCUT2D eigenvalue weighted by Crippen LogP contribution is 2.20. The number of rotatable bonds is 20. The number of hydrogen-bond acceptors (Lipinski definition) is 8. The number of carbonyl (C=O) groups is 4. The molecule has 12 heteroatoms. The van der Waals surface area contributed by atoms with Gasteiger partial charge in [-0.2, -0.15) is 0 Å². The topological polar surface area (TPSA) is 191 Å². The molecule has 54 heavy (non-hydrogen) atoms. The van der Waals surface area contributed by atoms with Gasteiger partial charge in [-0.15, -0.1) is 0 Å². The average molecular weight is 737 g/mol. The van der Waals surface area contributed by atoms with Crippen molar-refractivity contribution in [2.75, 3.05) is 20.2 Å². The number of phenols is 1. The van der Waals surface area contributed by atoms with Crippen LogP contribution in [0.5, 0.6) is 5.75 Å². The summed E-state index contributed by atoms with van der Waals surface area (Å²) in [4.78, 5) is 65.7. The number of amides is 4. The number of unbranched alkanes of at least 4 members (excludes halogenated alkanes) is 1. The third-order valence-electron chi connectivity index (χ3n) is 9.43. The molecular weight excluding hydrogens is 686 g/mol. The van der Waals surface area contributed by atoms with Crippen molar-refractivity contribution in [3.8, 4) is 5.75 Å². The minimum atomic E-state index is -1.20. The highest BCUT2D eigenvalue weighted by Gasteiger charge is 2.29. The van der Waals surface area contributed by atoms with Crippen molar-refractivity contribution in [3.05, 3.63) is 113 Å². The predicted octanol–water partition coefficient (Wildman–Crippen LogP) is 2.78. The Morgan fingerprint density at radius 3 is 2.20 bits per heavy atom. The Balaban J connectivity index is 1.24. The van der Waals surface area contributed by atoms with Crippen LogP contribution in [-0.4, -0.2) is 89.4 Å². The Morgan fingerprint density at radius 1 is 0.815 bits per heavy atom. The summed E-state index contributed by atoms with van der Waals surface area (Å²) in [5.41, 5.74) is 9.91. The maximum atomic E-state index is 13.6. The molecule has 0 saturated carbocycles. The fourth-order valence-corrected chi connectivity index (χ4v) is 6.13. The summed E-state index contributed by atoms with van der Waals surface area (Å²) < 4.78 is 0. The van der Waals surface area contributed by atoms with Gasteiger partial charge in [0.2, 0.25) is 29.9 Å². The van der Waals surface area contributed by atoms with E-state index in [-0.39, 0.29) is 43.9 Å². The van der Waals surface area contributed by atoms with Gasteiger partial charge >= 0.3 is 0 Å². The van der Waals surface area contributed by atoms with E-state index >= 15 is 0 Å². The number of aromatic hydroxyl groups is 1. The van der Waals surface area contributed by atoms with Crippen LogP contribution in [-0.2, 0) is 43.2 Å². The van der Waals surface area contributed by atoms with Crippen LogP contribution < -0.4 is 21.7 Å². The zero-order chi connectivity index (χ0) is 39.0. The minimum absolute atomic E-state index is 0.0719. The van der Waals surface area contributed by atoms with Crippen molar-refractivity contribution < 1.29 is 34.2 Å². The van der Waals surface area contributed by atoms with Crippen molar-refractivity contribution in [1.29, 1.82) is 0 Å². The molecule has 0 aliphatic heterocycles. The van der Waals surface area contributed by atoms with E-state index in [9.17, 15) is 34.2 Å². The molecule has 0 aliphatic rings. The maximum absolute atomic E-state index is 13.6. The van der Waals surface area contributed by atoms with Crippen molar-refractivity contribution in [1.82, 2.24) is 20.9 Å². The largest absolute Gasteiger partial charge is 0.508 e. The summed E-state index contributed by atoms with van der Waals surface area (Å²) in [7, 11) is 1.56. The van der Waals surface area contributed by atoms with Crippen LogP contribution in [0.3, 0.4) is 0 Å². The molecule has 0 heterocycles. The molecule has 0 saturated heterocycles. The second kappa shape index (κ2) is 20.6. The molecule has 7 N–H and O–H groups in total. The second-order valence-corrected chi connectivity index (χ2v) is 13.5. The number of hydrogen-bond donors (Lipinski definition) is 6. The molecule has 4 rings (SSSR count). The molecule has 0 bridgehead atoms. The fraction of sp³-hybridized carbons (Fsp3) is 0.357. The third kappa shape index (κ3) is 12.2. The Morgan fingerprint density at radius 2 is 1.50 bits per heavy atom. The normalized spacial score (nSPS) is 13.3. The standard InChI is InChI=1S/C42H50N5O7/c1-28-13-15-29(16-14-28)19-22-39(51)47(2)38(24-30-17-20-34(50)21-18-30)42(54)45-33(26-48)11-5-6-23-44-41(53)37(27-49)46-40(52)36(43)25-32-10-7-9-31-8-3-4-12-35(31)32/h3-4,7-10,12-18,20-21,33,36-38,49-50H,5-6,11,19,22-25,27,43H2,1-2H3,(H,44,53)(H,45,54)(H,46,52)/t33-,36+,37+,38+/m1/s1. The Hall–Kier alpha value is -5.59. The van der Waals surface area contributed by atoms with E-state index < -0.39 is 48.5 Å². The first kappa shape index (κ1) is 41.2. The summed E-state index contributed by atoms with van der Waals surface area (Å²) in [5, 5.41) is 29.5.